The van der Waals surface area contributed by atoms with Crippen molar-refractivity contribution in [3.8, 4) is 0 Å². The van der Waals surface area contributed by atoms with E-state index < -0.39 is 0 Å². The van der Waals surface area contributed by atoms with Gasteiger partial charge in [0.25, 0.3) is 0 Å². The standard InChI is InChI=1S/C10H22N2OS.ClH/c1-8(2)4-5-14-7-10(13)12-9(3)6-11;/h8-9H,4-7,11H2,1-3H3,(H,12,13);1H/t9-;/m0./s1. The first-order valence-corrected chi connectivity index (χ1v) is 6.29. The number of thioether (sulfide) groups is 1. The second-order valence-corrected chi connectivity index (χ2v) is 5.04. The molecule has 1 amide bonds. The summed E-state index contributed by atoms with van der Waals surface area (Å²) in [7, 11) is 0. The van der Waals surface area contributed by atoms with Gasteiger partial charge < -0.3 is 11.1 Å². The van der Waals surface area contributed by atoms with Crippen molar-refractivity contribution in [2.45, 2.75) is 33.2 Å². The van der Waals surface area contributed by atoms with E-state index in [2.05, 4.69) is 19.2 Å². The van der Waals surface area contributed by atoms with Crippen molar-refractivity contribution < 1.29 is 4.79 Å². The van der Waals surface area contributed by atoms with E-state index in [4.69, 9.17) is 5.73 Å². The molecule has 1 atom stereocenters. The Balaban J connectivity index is 0. The van der Waals surface area contributed by atoms with Crippen LogP contribution in [-0.2, 0) is 4.79 Å². The van der Waals surface area contributed by atoms with Crippen LogP contribution in [0.5, 0.6) is 0 Å². The first kappa shape index (κ1) is 17.5. The summed E-state index contributed by atoms with van der Waals surface area (Å²) in [4.78, 5) is 11.3. The predicted octanol–water partition coefficient (Wildman–Crippen LogP) is 1.65. The van der Waals surface area contributed by atoms with Crippen molar-refractivity contribution in [3.63, 3.8) is 0 Å². The molecule has 0 bridgehead atoms. The van der Waals surface area contributed by atoms with Crippen molar-refractivity contribution in [3.05, 3.63) is 0 Å². The van der Waals surface area contributed by atoms with E-state index in [-0.39, 0.29) is 24.4 Å². The van der Waals surface area contributed by atoms with Crippen molar-refractivity contribution in [2.75, 3.05) is 18.1 Å². The summed E-state index contributed by atoms with van der Waals surface area (Å²) in [5.74, 6) is 2.42. The molecule has 0 fully saturated rings. The summed E-state index contributed by atoms with van der Waals surface area (Å²) in [6.07, 6.45) is 1.17. The van der Waals surface area contributed by atoms with Gasteiger partial charge in [-0.3, -0.25) is 4.79 Å². The van der Waals surface area contributed by atoms with Crippen LogP contribution in [0.4, 0.5) is 0 Å². The fourth-order valence-corrected chi connectivity index (χ4v) is 1.91. The van der Waals surface area contributed by atoms with Gasteiger partial charge >= 0.3 is 0 Å². The SMILES string of the molecule is CC(C)CCSCC(=O)N[C@@H](C)CN.Cl. The highest BCUT2D eigenvalue weighted by molar-refractivity contribution is 7.99. The number of nitrogens with one attached hydrogen (secondary N) is 1. The van der Waals surface area contributed by atoms with E-state index in [1.165, 1.54) is 6.42 Å². The van der Waals surface area contributed by atoms with Gasteiger partial charge in [0, 0.05) is 12.6 Å². The van der Waals surface area contributed by atoms with E-state index in [0.717, 1.165) is 5.75 Å². The van der Waals surface area contributed by atoms with Gasteiger partial charge in [0.1, 0.15) is 0 Å². The molecule has 0 heterocycles. The smallest absolute Gasteiger partial charge is 0.230 e. The molecule has 0 rings (SSSR count). The lowest BCUT2D eigenvalue weighted by Crippen LogP contribution is -2.38. The van der Waals surface area contributed by atoms with Gasteiger partial charge in [-0.15, -0.1) is 12.4 Å². The number of nitrogens with two attached hydrogens (primary N) is 1. The maximum Gasteiger partial charge on any atom is 0.230 e. The highest BCUT2D eigenvalue weighted by atomic mass is 35.5. The normalized spacial score (nSPS) is 12.1. The quantitative estimate of drug-likeness (QED) is 0.680. The van der Waals surface area contributed by atoms with Crippen LogP contribution in [0.3, 0.4) is 0 Å². The Hall–Kier alpha value is 0.0700. The van der Waals surface area contributed by atoms with E-state index in [1.807, 2.05) is 6.92 Å². The number of hydrogen-bond acceptors (Lipinski definition) is 3. The molecule has 0 aromatic carbocycles. The molecule has 3 N–H and O–H groups in total. The van der Waals surface area contributed by atoms with Crippen LogP contribution in [0.1, 0.15) is 27.2 Å². The highest BCUT2D eigenvalue weighted by Gasteiger charge is 2.05. The Bertz CT molecular complexity index is 168. The lowest BCUT2D eigenvalue weighted by atomic mass is 10.2. The molecule has 0 unspecified atom stereocenters. The second kappa shape index (κ2) is 10.6. The largest absolute Gasteiger partial charge is 0.352 e. The van der Waals surface area contributed by atoms with Gasteiger partial charge in [0.15, 0.2) is 0 Å². The number of amides is 1. The monoisotopic (exact) mass is 254 g/mol. The summed E-state index contributed by atoms with van der Waals surface area (Å²) >= 11 is 1.69. The zero-order valence-corrected chi connectivity index (χ0v) is 11.4. The Morgan fingerprint density at radius 1 is 1.40 bits per heavy atom. The zero-order chi connectivity index (χ0) is 11.0. The minimum atomic E-state index is 0. The van der Waals surface area contributed by atoms with Crippen LogP contribution < -0.4 is 11.1 Å². The Labute approximate surface area is 103 Å². The summed E-state index contributed by atoms with van der Waals surface area (Å²) in [5.41, 5.74) is 5.39. The topological polar surface area (TPSA) is 55.1 Å². The first-order valence-electron chi connectivity index (χ1n) is 5.13. The van der Waals surface area contributed by atoms with E-state index in [9.17, 15) is 4.79 Å². The molecule has 0 aliphatic heterocycles. The van der Waals surface area contributed by atoms with E-state index in [1.54, 1.807) is 11.8 Å². The van der Waals surface area contributed by atoms with Crippen LogP contribution in [0.15, 0.2) is 0 Å². The molecule has 92 valence electrons. The molecule has 0 saturated heterocycles. The maximum absolute atomic E-state index is 11.3. The maximum atomic E-state index is 11.3. The third kappa shape index (κ3) is 12.0. The van der Waals surface area contributed by atoms with Crippen molar-refractivity contribution in [2.24, 2.45) is 11.7 Å². The van der Waals surface area contributed by atoms with E-state index in [0.29, 0.717) is 18.2 Å². The van der Waals surface area contributed by atoms with Crippen LogP contribution in [0.2, 0.25) is 0 Å². The minimum absolute atomic E-state index is 0. The van der Waals surface area contributed by atoms with Crippen molar-refractivity contribution in [1.29, 1.82) is 0 Å². The molecular weight excluding hydrogens is 232 g/mol. The van der Waals surface area contributed by atoms with Crippen LogP contribution in [-0.4, -0.2) is 30.0 Å². The van der Waals surface area contributed by atoms with Crippen LogP contribution in [0.25, 0.3) is 0 Å². The van der Waals surface area contributed by atoms with Gasteiger partial charge in [0.2, 0.25) is 5.91 Å². The molecule has 0 saturated carbocycles. The third-order valence-electron chi connectivity index (χ3n) is 1.83. The Morgan fingerprint density at radius 3 is 2.47 bits per heavy atom. The van der Waals surface area contributed by atoms with Crippen LogP contribution >= 0.6 is 24.2 Å². The number of hydrogen-bond donors (Lipinski definition) is 2. The Morgan fingerprint density at radius 2 is 2.00 bits per heavy atom. The molecule has 0 spiro atoms. The van der Waals surface area contributed by atoms with Crippen molar-refractivity contribution >= 4 is 30.1 Å². The average Bonchev–Trinajstić information content (AvgIpc) is 2.12. The predicted molar refractivity (Wildman–Crippen MR) is 70.7 cm³/mol. The molecule has 0 aliphatic rings. The fourth-order valence-electron chi connectivity index (χ4n) is 0.859. The molecule has 0 aromatic heterocycles. The number of carbonyl (C=O) groups excluding carboxylic acids is 1. The number of carbonyl (C=O) groups is 1. The Kier molecular flexibility index (Phi) is 12.3. The lowest BCUT2D eigenvalue weighted by molar-refractivity contribution is -0.119. The third-order valence-corrected chi connectivity index (χ3v) is 2.82. The van der Waals surface area contributed by atoms with Crippen molar-refractivity contribution in [1.82, 2.24) is 5.32 Å². The summed E-state index contributed by atoms with van der Waals surface area (Å²) in [5, 5.41) is 2.83. The lowest BCUT2D eigenvalue weighted by Gasteiger charge is -2.11. The van der Waals surface area contributed by atoms with Gasteiger partial charge in [-0.25, -0.2) is 0 Å². The van der Waals surface area contributed by atoms with E-state index >= 15 is 0 Å². The van der Waals surface area contributed by atoms with Gasteiger partial charge in [-0.1, -0.05) is 13.8 Å². The van der Waals surface area contributed by atoms with Gasteiger partial charge in [-0.05, 0) is 25.0 Å². The summed E-state index contributed by atoms with van der Waals surface area (Å²) < 4.78 is 0. The fraction of sp³-hybridized carbons (Fsp3) is 0.900. The second-order valence-electron chi connectivity index (χ2n) is 3.94. The number of rotatable bonds is 7. The molecule has 0 radical (unpaired) electrons. The molecule has 5 heteroatoms. The first-order chi connectivity index (χ1) is 6.56. The van der Waals surface area contributed by atoms with Gasteiger partial charge in [-0.2, -0.15) is 11.8 Å². The van der Waals surface area contributed by atoms with Gasteiger partial charge in [0.05, 0.1) is 5.75 Å². The molecular formula is C10H23ClN2OS. The number of halogens is 1. The average molecular weight is 255 g/mol. The highest BCUT2D eigenvalue weighted by Crippen LogP contribution is 2.08. The molecule has 15 heavy (non-hydrogen) atoms. The molecule has 0 aromatic rings. The summed E-state index contributed by atoms with van der Waals surface area (Å²) in [6.45, 7) is 6.80. The van der Waals surface area contributed by atoms with Crippen LogP contribution in [0, 0.1) is 5.92 Å². The molecule has 3 nitrogen and oxygen atoms in total. The minimum Gasteiger partial charge on any atom is -0.352 e. The molecule has 0 aliphatic carbocycles. The zero-order valence-electron chi connectivity index (χ0n) is 9.79. The summed E-state index contributed by atoms with van der Waals surface area (Å²) in [6, 6.07) is 0.0909.